The van der Waals surface area contributed by atoms with Gasteiger partial charge >= 0.3 is 6.09 Å². The molecule has 6 nitrogen and oxygen atoms in total. The standard InChI is InChI=1S/C16H18ClN3O3/c1-16(2,3)23-14-8-11(7-13(17)20-14)10-4-5-18-12(6-10)9-19-15(21)22/h4-8,19H,9H2,1-3H3,(H,21,22). The van der Waals surface area contributed by atoms with Crippen molar-refractivity contribution in [2.24, 2.45) is 0 Å². The molecule has 0 saturated heterocycles. The Balaban J connectivity index is 2.30. The van der Waals surface area contributed by atoms with Crippen molar-refractivity contribution in [3.63, 3.8) is 0 Å². The number of carboxylic acid groups (broad SMARTS) is 1. The number of nitrogens with one attached hydrogen (secondary N) is 1. The summed E-state index contributed by atoms with van der Waals surface area (Å²) in [5.74, 6) is 0.432. The number of amides is 1. The number of halogens is 1. The van der Waals surface area contributed by atoms with Crippen molar-refractivity contribution < 1.29 is 14.6 Å². The molecule has 122 valence electrons. The van der Waals surface area contributed by atoms with Crippen LogP contribution in [0.3, 0.4) is 0 Å². The van der Waals surface area contributed by atoms with Crippen LogP contribution in [0, 0.1) is 0 Å². The van der Waals surface area contributed by atoms with Crippen molar-refractivity contribution in [3.8, 4) is 17.0 Å². The van der Waals surface area contributed by atoms with Crippen molar-refractivity contribution in [2.75, 3.05) is 0 Å². The first-order valence-electron chi connectivity index (χ1n) is 7.02. The van der Waals surface area contributed by atoms with Crippen LogP contribution >= 0.6 is 11.6 Å². The zero-order valence-electron chi connectivity index (χ0n) is 13.1. The fourth-order valence-electron chi connectivity index (χ4n) is 1.93. The summed E-state index contributed by atoms with van der Waals surface area (Å²) >= 11 is 6.07. The molecule has 0 unspecified atom stereocenters. The molecule has 0 atom stereocenters. The SMILES string of the molecule is CC(C)(C)Oc1cc(-c2ccnc(CNC(=O)O)c2)cc(Cl)n1. The van der Waals surface area contributed by atoms with Crippen LogP contribution in [0.2, 0.25) is 5.15 Å². The van der Waals surface area contributed by atoms with Crippen molar-refractivity contribution in [1.82, 2.24) is 15.3 Å². The quantitative estimate of drug-likeness (QED) is 0.831. The number of hydrogen-bond acceptors (Lipinski definition) is 4. The Labute approximate surface area is 139 Å². The van der Waals surface area contributed by atoms with Gasteiger partial charge in [-0.1, -0.05) is 11.6 Å². The Kier molecular flexibility index (Phi) is 5.05. The largest absolute Gasteiger partial charge is 0.472 e. The lowest BCUT2D eigenvalue weighted by Crippen LogP contribution is -2.23. The van der Waals surface area contributed by atoms with Crippen LogP contribution < -0.4 is 10.1 Å². The molecule has 0 aliphatic rings. The maximum atomic E-state index is 10.6. The minimum atomic E-state index is -1.09. The Morgan fingerprint density at radius 1 is 1.30 bits per heavy atom. The van der Waals surface area contributed by atoms with Gasteiger partial charge in [-0.05, 0) is 50.1 Å². The van der Waals surface area contributed by atoms with Crippen LogP contribution in [0.15, 0.2) is 30.5 Å². The Morgan fingerprint density at radius 3 is 2.70 bits per heavy atom. The molecule has 0 aromatic carbocycles. The van der Waals surface area contributed by atoms with Gasteiger partial charge in [-0.2, -0.15) is 0 Å². The molecule has 2 heterocycles. The van der Waals surface area contributed by atoms with E-state index >= 15 is 0 Å². The highest BCUT2D eigenvalue weighted by molar-refractivity contribution is 6.29. The van der Waals surface area contributed by atoms with E-state index in [0.717, 1.165) is 11.1 Å². The first-order chi connectivity index (χ1) is 10.7. The van der Waals surface area contributed by atoms with E-state index < -0.39 is 6.09 Å². The van der Waals surface area contributed by atoms with E-state index in [0.29, 0.717) is 16.7 Å². The van der Waals surface area contributed by atoms with Crippen molar-refractivity contribution >= 4 is 17.7 Å². The van der Waals surface area contributed by atoms with Gasteiger partial charge in [0.1, 0.15) is 10.8 Å². The first-order valence-corrected chi connectivity index (χ1v) is 7.39. The van der Waals surface area contributed by atoms with Gasteiger partial charge in [0.25, 0.3) is 0 Å². The topological polar surface area (TPSA) is 84.3 Å². The second-order valence-corrected chi connectivity index (χ2v) is 6.31. The molecule has 7 heteroatoms. The van der Waals surface area contributed by atoms with Crippen LogP contribution in [0.5, 0.6) is 5.88 Å². The Morgan fingerprint density at radius 2 is 2.04 bits per heavy atom. The van der Waals surface area contributed by atoms with E-state index in [1.165, 1.54) is 0 Å². The smallest absolute Gasteiger partial charge is 0.404 e. The molecule has 2 aromatic heterocycles. The molecule has 2 rings (SSSR count). The van der Waals surface area contributed by atoms with E-state index in [-0.39, 0.29) is 12.1 Å². The lowest BCUT2D eigenvalue weighted by atomic mass is 10.1. The summed E-state index contributed by atoms with van der Waals surface area (Å²) in [4.78, 5) is 18.9. The molecule has 0 aliphatic heterocycles. The van der Waals surface area contributed by atoms with Crippen LogP contribution in [-0.4, -0.2) is 26.8 Å². The van der Waals surface area contributed by atoms with Gasteiger partial charge in [-0.25, -0.2) is 9.78 Å². The highest BCUT2D eigenvalue weighted by Crippen LogP contribution is 2.27. The average molecular weight is 336 g/mol. The number of ether oxygens (including phenoxy) is 1. The van der Waals surface area contributed by atoms with Gasteiger partial charge in [0.2, 0.25) is 5.88 Å². The molecule has 2 N–H and O–H groups in total. The Bertz CT molecular complexity index is 714. The van der Waals surface area contributed by atoms with Gasteiger partial charge in [0, 0.05) is 12.3 Å². The van der Waals surface area contributed by atoms with Gasteiger partial charge in [0.15, 0.2) is 0 Å². The third-order valence-electron chi connectivity index (χ3n) is 2.75. The summed E-state index contributed by atoms with van der Waals surface area (Å²) in [5.41, 5.74) is 1.90. The van der Waals surface area contributed by atoms with E-state index in [9.17, 15) is 4.79 Å². The fraction of sp³-hybridized carbons (Fsp3) is 0.312. The third-order valence-corrected chi connectivity index (χ3v) is 2.95. The second-order valence-electron chi connectivity index (χ2n) is 5.93. The molecule has 1 amide bonds. The molecule has 0 saturated carbocycles. The summed E-state index contributed by atoms with van der Waals surface area (Å²) in [6.07, 6.45) is 0.525. The minimum Gasteiger partial charge on any atom is -0.472 e. The second kappa shape index (κ2) is 6.83. The van der Waals surface area contributed by atoms with Gasteiger partial charge < -0.3 is 15.2 Å². The number of rotatable bonds is 4. The van der Waals surface area contributed by atoms with E-state index in [1.807, 2.05) is 26.8 Å². The lowest BCUT2D eigenvalue weighted by Gasteiger charge is -2.20. The molecule has 0 fully saturated rings. The molecular weight excluding hydrogens is 318 g/mol. The van der Waals surface area contributed by atoms with E-state index in [2.05, 4.69) is 15.3 Å². The number of carbonyl (C=O) groups is 1. The molecular formula is C16H18ClN3O3. The summed E-state index contributed by atoms with van der Waals surface area (Å²) in [6, 6.07) is 7.13. The average Bonchev–Trinajstić information content (AvgIpc) is 2.43. The fourth-order valence-corrected chi connectivity index (χ4v) is 2.13. The third kappa shape index (κ3) is 5.41. The van der Waals surface area contributed by atoms with Crippen LogP contribution in [0.25, 0.3) is 11.1 Å². The molecule has 23 heavy (non-hydrogen) atoms. The zero-order chi connectivity index (χ0) is 17.0. The van der Waals surface area contributed by atoms with Gasteiger partial charge in [-0.3, -0.25) is 4.98 Å². The molecule has 0 aliphatic carbocycles. The number of aromatic nitrogens is 2. The lowest BCUT2D eigenvalue weighted by molar-refractivity contribution is 0.124. The van der Waals surface area contributed by atoms with Crippen molar-refractivity contribution in [1.29, 1.82) is 0 Å². The van der Waals surface area contributed by atoms with Crippen LogP contribution in [-0.2, 0) is 6.54 Å². The van der Waals surface area contributed by atoms with Crippen molar-refractivity contribution in [2.45, 2.75) is 32.9 Å². The number of hydrogen-bond donors (Lipinski definition) is 2. The first kappa shape index (κ1) is 17.0. The molecule has 0 bridgehead atoms. The molecule has 0 radical (unpaired) electrons. The van der Waals surface area contributed by atoms with Gasteiger partial charge in [0.05, 0.1) is 12.2 Å². The van der Waals surface area contributed by atoms with Crippen LogP contribution in [0.1, 0.15) is 26.5 Å². The highest BCUT2D eigenvalue weighted by atomic mass is 35.5. The predicted octanol–water partition coefficient (Wildman–Crippen LogP) is 3.74. The molecule has 0 spiro atoms. The predicted molar refractivity (Wildman–Crippen MR) is 87.7 cm³/mol. The molecule has 2 aromatic rings. The number of pyridine rings is 2. The van der Waals surface area contributed by atoms with E-state index in [1.54, 1.807) is 24.4 Å². The highest BCUT2D eigenvalue weighted by Gasteiger charge is 2.14. The van der Waals surface area contributed by atoms with Crippen molar-refractivity contribution in [3.05, 3.63) is 41.3 Å². The summed E-state index contributed by atoms with van der Waals surface area (Å²) in [5, 5.41) is 11.3. The summed E-state index contributed by atoms with van der Waals surface area (Å²) < 4.78 is 5.75. The maximum Gasteiger partial charge on any atom is 0.404 e. The number of nitrogens with zero attached hydrogens (tertiary/aromatic N) is 2. The maximum absolute atomic E-state index is 10.6. The minimum absolute atomic E-state index is 0.132. The van der Waals surface area contributed by atoms with Gasteiger partial charge in [-0.15, -0.1) is 0 Å². The zero-order valence-corrected chi connectivity index (χ0v) is 13.9. The summed E-state index contributed by atoms with van der Waals surface area (Å²) in [7, 11) is 0. The Hall–Kier alpha value is -2.34. The van der Waals surface area contributed by atoms with E-state index in [4.69, 9.17) is 21.4 Å². The monoisotopic (exact) mass is 335 g/mol. The summed E-state index contributed by atoms with van der Waals surface area (Å²) in [6.45, 7) is 5.92. The van der Waals surface area contributed by atoms with Crippen LogP contribution in [0.4, 0.5) is 4.79 Å². The normalized spacial score (nSPS) is 11.1.